The number of furan rings is 1. The van der Waals surface area contributed by atoms with Gasteiger partial charge in [0.05, 0.1) is 0 Å². The maximum Gasteiger partial charge on any atom is 0.221 e. The van der Waals surface area contributed by atoms with Crippen LogP contribution in [-0.4, -0.2) is 12.2 Å². The van der Waals surface area contributed by atoms with Gasteiger partial charge in [0, 0.05) is 23.2 Å². The molecule has 0 aliphatic heterocycles. The second kappa shape index (κ2) is 7.85. The molecule has 3 aromatic rings. The first-order chi connectivity index (χ1) is 12.5. The molecule has 1 heterocycles. The van der Waals surface area contributed by atoms with Gasteiger partial charge in [-0.25, -0.2) is 0 Å². The summed E-state index contributed by atoms with van der Waals surface area (Å²) in [7, 11) is 0. The molecular formula is C21H16ClNO3. The fourth-order valence-corrected chi connectivity index (χ4v) is 2.64. The van der Waals surface area contributed by atoms with Crippen LogP contribution in [0, 0.1) is 0 Å². The highest BCUT2D eigenvalue weighted by Gasteiger charge is 2.10. The SMILES string of the molecule is CC(=O)Nc1ccc(C=Cc2ccc(Cl)cc2)c(-c2ccc(C=O)o2)c1. The van der Waals surface area contributed by atoms with Crippen molar-refractivity contribution in [1.29, 1.82) is 0 Å². The maximum absolute atomic E-state index is 11.3. The van der Waals surface area contributed by atoms with E-state index in [-0.39, 0.29) is 11.7 Å². The van der Waals surface area contributed by atoms with Gasteiger partial charge in [-0.3, -0.25) is 9.59 Å². The van der Waals surface area contributed by atoms with Crippen molar-refractivity contribution in [3.8, 4) is 11.3 Å². The number of anilines is 1. The van der Waals surface area contributed by atoms with Crippen molar-refractivity contribution in [2.24, 2.45) is 0 Å². The average Bonchev–Trinajstić information content (AvgIpc) is 3.10. The molecule has 0 spiro atoms. The van der Waals surface area contributed by atoms with Crippen molar-refractivity contribution in [3.05, 3.63) is 76.5 Å². The average molecular weight is 366 g/mol. The van der Waals surface area contributed by atoms with E-state index in [1.165, 1.54) is 6.92 Å². The van der Waals surface area contributed by atoms with Gasteiger partial charge in [0.1, 0.15) is 5.76 Å². The first kappa shape index (κ1) is 17.7. The van der Waals surface area contributed by atoms with Crippen LogP contribution in [0.25, 0.3) is 23.5 Å². The molecule has 0 atom stereocenters. The number of amides is 1. The Labute approximate surface area is 156 Å². The van der Waals surface area contributed by atoms with Crippen LogP contribution in [-0.2, 0) is 4.79 Å². The van der Waals surface area contributed by atoms with Crippen molar-refractivity contribution in [2.75, 3.05) is 5.32 Å². The Morgan fingerprint density at radius 1 is 1.04 bits per heavy atom. The number of hydrogen-bond acceptors (Lipinski definition) is 3. The second-order valence-electron chi connectivity index (χ2n) is 5.69. The summed E-state index contributed by atoms with van der Waals surface area (Å²) in [4.78, 5) is 22.2. The number of carbonyl (C=O) groups is 2. The fraction of sp³-hybridized carbons (Fsp3) is 0.0476. The molecule has 1 aromatic heterocycles. The van der Waals surface area contributed by atoms with E-state index in [1.54, 1.807) is 12.1 Å². The molecule has 3 rings (SSSR count). The predicted octanol–water partition coefficient (Wildman–Crippen LogP) is 5.54. The van der Waals surface area contributed by atoms with Crippen LogP contribution < -0.4 is 5.32 Å². The van der Waals surface area contributed by atoms with Gasteiger partial charge in [0.2, 0.25) is 5.91 Å². The first-order valence-electron chi connectivity index (χ1n) is 7.96. The number of hydrogen-bond donors (Lipinski definition) is 1. The molecular weight excluding hydrogens is 350 g/mol. The van der Waals surface area contributed by atoms with Crippen molar-refractivity contribution in [1.82, 2.24) is 0 Å². The molecule has 4 nitrogen and oxygen atoms in total. The third kappa shape index (κ3) is 4.29. The summed E-state index contributed by atoms with van der Waals surface area (Å²) >= 11 is 5.91. The van der Waals surface area contributed by atoms with Crippen LogP contribution in [0.5, 0.6) is 0 Å². The number of halogens is 1. The van der Waals surface area contributed by atoms with Crippen molar-refractivity contribution >= 4 is 41.6 Å². The molecule has 0 bridgehead atoms. The summed E-state index contributed by atoms with van der Waals surface area (Å²) in [6.07, 6.45) is 4.56. The van der Waals surface area contributed by atoms with Crippen LogP contribution >= 0.6 is 11.6 Å². The zero-order valence-corrected chi connectivity index (χ0v) is 14.8. The van der Waals surface area contributed by atoms with E-state index in [2.05, 4.69) is 5.32 Å². The van der Waals surface area contributed by atoms with E-state index in [1.807, 2.05) is 54.6 Å². The van der Waals surface area contributed by atoms with Crippen molar-refractivity contribution < 1.29 is 14.0 Å². The van der Waals surface area contributed by atoms with Gasteiger partial charge < -0.3 is 9.73 Å². The number of aldehydes is 1. The van der Waals surface area contributed by atoms with Crippen LogP contribution in [0.4, 0.5) is 5.69 Å². The molecule has 0 saturated heterocycles. The van der Waals surface area contributed by atoms with Gasteiger partial charge in [-0.15, -0.1) is 0 Å². The maximum atomic E-state index is 11.3. The van der Waals surface area contributed by atoms with E-state index in [0.717, 1.165) is 16.7 Å². The van der Waals surface area contributed by atoms with Gasteiger partial charge in [-0.2, -0.15) is 0 Å². The summed E-state index contributed by atoms with van der Waals surface area (Å²) in [5.41, 5.74) is 3.31. The van der Waals surface area contributed by atoms with Crippen molar-refractivity contribution in [2.45, 2.75) is 6.92 Å². The standard InChI is InChI=1S/C21H16ClNO3/c1-14(25)23-18-9-6-16(5-2-15-3-7-17(22)8-4-15)20(12-18)21-11-10-19(13-24)26-21/h2-13H,1H3,(H,23,25). The molecule has 5 heteroatoms. The summed E-state index contributed by atoms with van der Waals surface area (Å²) in [6, 6.07) is 16.3. The minimum absolute atomic E-state index is 0.159. The Kier molecular flexibility index (Phi) is 5.34. The molecule has 0 aliphatic carbocycles. The Morgan fingerprint density at radius 2 is 1.81 bits per heavy atom. The third-order valence-corrected chi connectivity index (χ3v) is 3.96. The van der Waals surface area contributed by atoms with Gasteiger partial charge >= 0.3 is 0 Å². The monoisotopic (exact) mass is 365 g/mol. The zero-order chi connectivity index (χ0) is 18.5. The molecule has 0 fully saturated rings. The number of carbonyl (C=O) groups excluding carboxylic acids is 2. The van der Waals surface area contributed by atoms with Crippen molar-refractivity contribution in [3.63, 3.8) is 0 Å². The molecule has 1 N–H and O–H groups in total. The van der Waals surface area contributed by atoms with E-state index in [0.29, 0.717) is 22.8 Å². The Bertz CT molecular complexity index is 971. The molecule has 0 saturated carbocycles. The normalized spacial score (nSPS) is 10.8. The fourth-order valence-electron chi connectivity index (χ4n) is 2.52. The molecule has 0 unspecified atom stereocenters. The topological polar surface area (TPSA) is 59.3 Å². The lowest BCUT2D eigenvalue weighted by atomic mass is 10.0. The lowest BCUT2D eigenvalue weighted by molar-refractivity contribution is -0.114. The van der Waals surface area contributed by atoms with Gasteiger partial charge in [0.25, 0.3) is 0 Å². The zero-order valence-electron chi connectivity index (χ0n) is 14.0. The third-order valence-electron chi connectivity index (χ3n) is 3.71. The first-order valence-corrected chi connectivity index (χ1v) is 8.33. The number of nitrogens with one attached hydrogen (secondary N) is 1. The smallest absolute Gasteiger partial charge is 0.221 e. The lowest BCUT2D eigenvalue weighted by Gasteiger charge is -2.08. The second-order valence-corrected chi connectivity index (χ2v) is 6.12. The highest BCUT2D eigenvalue weighted by molar-refractivity contribution is 6.30. The van der Waals surface area contributed by atoms with Crippen LogP contribution in [0.15, 0.2) is 59.0 Å². The summed E-state index contributed by atoms with van der Waals surface area (Å²) < 4.78 is 5.56. The summed E-state index contributed by atoms with van der Waals surface area (Å²) in [6.45, 7) is 1.45. The van der Waals surface area contributed by atoms with E-state index in [9.17, 15) is 9.59 Å². The Morgan fingerprint density at radius 3 is 2.46 bits per heavy atom. The van der Waals surface area contributed by atoms with Crippen LogP contribution in [0.3, 0.4) is 0 Å². The van der Waals surface area contributed by atoms with Crippen LogP contribution in [0.2, 0.25) is 5.02 Å². The largest absolute Gasteiger partial charge is 0.453 e. The van der Waals surface area contributed by atoms with Gasteiger partial charge in [0.15, 0.2) is 12.0 Å². The summed E-state index contributed by atoms with van der Waals surface area (Å²) in [5, 5.41) is 3.43. The quantitative estimate of drug-likeness (QED) is 0.477. The number of rotatable bonds is 5. The number of benzene rings is 2. The minimum Gasteiger partial charge on any atom is -0.453 e. The molecule has 0 radical (unpaired) electrons. The van der Waals surface area contributed by atoms with E-state index >= 15 is 0 Å². The highest BCUT2D eigenvalue weighted by atomic mass is 35.5. The Balaban J connectivity index is 2.01. The predicted molar refractivity (Wildman–Crippen MR) is 104 cm³/mol. The molecule has 0 aliphatic rings. The molecule has 130 valence electrons. The Hall–Kier alpha value is -3.11. The van der Waals surface area contributed by atoms with Gasteiger partial charge in [-0.1, -0.05) is 42.0 Å². The molecule has 26 heavy (non-hydrogen) atoms. The molecule has 2 aromatic carbocycles. The lowest BCUT2D eigenvalue weighted by Crippen LogP contribution is -2.05. The minimum atomic E-state index is -0.159. The van der Waals surface area contributed by atoms with Gasteiger partial charge in [-0.05, 0) is 47.5 Å². The highest BCUT2D eigenvalue weighted by Crippen LogP contribution is 2.30. The summed E-state index contributed by atoms with van der Waals surface area (Å²) in [5.74, 6) is 0.640. The molecule has 1 amide bonds. The van der Waals surface area contributed by atoms with E-state index in [4.69, 9.17) is 16.0 Å². The van der Waals surface area contributed by atoms with Crippen LogP contribution in [0.1, 0.15) is 28.6 Å². The van der Waals surface area contributed by atoms with E-state index < -0.39 is 0 Å².